The van der Waals surface area contributed by atoms with Crippen LogP contribution in [-0.4, -0.2) is 59.3 Å². The Kier molecular flexibility index (Phi) is 7.56. The van der Waals surface area contributed by atoms with Crippen molar-refractivity contribution in [2.24, 2.45) is 17.4 Å². The van der Waals surface area contributed by atoms with Crippen LogP contribution in [0, 0.1) is 5.92 Å². The number of carbonyl (C=O) groups is 2. The molecule has 0 heterocycles. The fraction of sp³-hybridized carbons (Fsp3) is 0.867. The summed E-state index contributed by atoms with van der Waals surface area (Å²) in [6.07, 6.45) is 1.73. The van der Waals surface area contributed by atoms with Gasteiger partial charge in [0.2, 0.25) is 11.8 Å². The number of rotatable bonds is 6. The molecule has 0 radical (unpaired) electrons. The zero-order valence-corrected chi connectivity index (χ0v) is 14.5. The second kappa shape index (κ2) is 8.72. The van der Waals surface area contributed by atoms with Crippen molar-refractivity contribution in [3.63, 3.8) is 0 Å². The lowest BCUT2D eigenvalue weighted by atomic mass is 9.90. The van der Waals surface area contributed by atoms with Crippen LogP contribution in [0.3, 0.4) is 0 Å². The Hall–Kier alpha value is -1.26. The zero-order chi connectivity index (χ0) is 18.5. The highest BCUT2D eigenvalue weighted by Crippen LogP contribution is 2.28. The molecule has 1 aliphatic carbocycles. The van der Waals surface area contributed by atoms with Gasteiger partial charge in [0.25, 0.3) is 5.91 Å². The van der Waals surface area contributed by atoms with E-state index in [9.17, 15) is 19.8 Å². The number of ether oxygens (including phenoxy) is 1. The molecule has 140 valence electrons. The number of nitrogens with two attached hydrogens (primary N) is 2. The van der Waals surface area contributed by atoms with Crippen molar-refractivity contribution >= 4 is 11.8 Å². The predicted octanol–water partition coefficient (Wildman–Crippen LogP) is -1.87. The average molecular weight is 346 g/mol. The SMILES string of the molecule is COC(C)C(NC(C)=O)C(=O)NC(O)(O)C1CC(N)CCCC1N. The van der Waals surface area contributed by atoms with Crippen LogP contribution in [0.1, 0.15) is 39.5 Å². The molecule has 1 fully saturated rings. The number of carbonyl (C=O) groups excluding carboxylic acids is 2. The third-order valence-corrected chi connectivity index (χ3v) is 4.49. The zero-order valence-electron chi connectivity index (χ0n) is 14.5. The van der Waals surface area contributed by atoms with Gasteiger partial charge in [-0.25, -0.2) is 0 Å². The fourth-order valence-corrected chi connectivity index (χ4v) is 3.00. The van der Waals surface area contributed by atoms with Crippen molar-refractivity contribution in [1.82, 2.24) is 10.6 Å². The molecule has 0 saturated heterocycles. The molecule has 0 aliphatic heterocycles. The highest BCUT2D eigenvalue weighted by molar-refractivity contribution is 5.87. The number of aliphatic hydroxyl groups is 2. The molecule has 8 N–H and O–H groups in total. The smallest absolute Gasteiger partial charge is 0.250 e. The Bertz CT molecular complexity index is 446. The molecule has 9 heteroatoms. The van der Waals surface area contributed by atoms with E-state index in [1.807, 2.05) is 0 Å². The van der Waals surface area contributed by atoms with Gasteiger partial charge in [0, 0.05) is 26.1 Å². The van der Waals surface area contributed by atoms with Crippen molar-refractivity contribution < 1.29 is 24.5 Å². The maximum atomic E-state index is 12.4. The summed E-state index contributed by atoms with van der Waals surface area (Å²) in [5.74, 6) is -4.54. The van der Waals surface area contributed by atoms with E-state index in [-0.39, 0.29) is 12.5 Å². The van der Waals surface area contributed by atoms with Crippen LogP contribution in [-0.2, 0) is 14.3 Å². The Morgan fingerprint density at radius 1 is 1.29 bits per heavy atom. The second-order valence-corrected chi connectivity index (χ2v) is 6.53. The van der Waals surface area contributed by atoms with E-state index in [2.05, 4.69) is 10.6 Å². The van der Waals surface area contributed by atoms with Crippen molar-refractivity contribution in [3.8, 4) is 0 Å². The summed E-state index contributed by atoms with van der Waals surface area (Å²) in [4.78, 5) is 23.7. The summed E-state index contributed by atoms with van der Waals surface area (Å²) < 4.78 is 5.07. The van der Waals surface area contributed by atoms with E-state index >= 15 is 0 Å². The quantitative estimate of drug-likeness (QED) is 0.242. The van der Waals surface area contributed by atoms with E-state index in [4.69, 9.17) is 16.2 Å². The first kappa shape index (κ1) is 20.8. The number of nitrogens with one attached hydrogen (secondary N) is 2. The van der Waals surface area contributed by atoms with Crippen LogP contribution >= 0.6 is 0 Å². The lowest BCUT2D eigenvalue weighted by molar-refractivity contribution is -0.229. The Balaban J connectivity index is 2.88. The van der Waals surface area contributed by atoms with Gasteiger partial charge in [-0.1, -0.05) is 6.42 Å². The first-order valence-electron chi connectivity index (χ1n) is 8.16. The van der Waals surface area contributed by atoms with Crippen LogP contribution in [0.25, 0.3) is 0 Å². The minimum absolute atomic E-state index is 0.219. The molecule has 1 rings (SSSR count). The van der Waals surface area contributed by atoms with E-state index in [0.717, 1.165) is 12.8 Å². The third-order valence-electron chi connectivity index (χ3n) is 4.49. The van der Waals surface area contributed by atoms with Gasteiger partial charge in [-0.3, -0.25) is 9.59 Å². The van der Waals surface area contributed by atoms with E-state index in [1.165, 1.54) is 14.0 Å². The average Bonchev–Trinajstić information content (AvgIpc) is 2.65. The van der Waals surface area contributed by atoms with Crippen molar-refractivity contribution in [1.29, 1.82) is 0 Å². The summed E-state index contributed by atoms with van der Waals surface area (Å²) in [5.41, 5.74) is 12.0. The highest BCUT2D eigenvalue weighted by Gasteiger charge is 2.43. The molecule has 0 spiro atoms. The summed E-state index contributed by atoms with van der Waals surface area (Å²) in [7, 11) is 1.39. The van der Waals surface area contributed by atoms with Gasteiger partial charge in [-0.15, -0.1) is 0 Å². The van der Waals surface area contributed by atoms with Crippen molar-refractivity contribution in [3.05, 3.63) is 0 Å². The second-order valence-electron chi connectivity index (χ2n) is 6.53. The topological polar surface area (TPSA) is 160 Å². The van der Waals surface area contributed by atoms with Crippen molar-refractivity contribution in [2.75, 3.05) is 7.11 Å². The van der Waals surface area contributed by atoms with E-state index in [0.29, 0.717) is 6.42 Å². The largest absolute Gasteiger partial charge is 0.379 e. The molecule has 1 saturated carbocycles. The lowest BCUT2D eigenvalue weighted by Gasteiger charge is -2.36. The van der Waals surface area contributed by atoms with Crippen LogP contribution in [0.15, 0.2) is 0 Å². The van der Waals surface area contributed by atoms with E-state index < -0.39 is 41.8 Å². The summed E-state index contributed by atoms with van der Waals surface area (Å²) in [6, 6.07) is -1.79. The Labute approximate surface area is 142 Å². The molecule has 2 amide bonds. The molecule has 0 aromatic rings. The van der Waals surface area contributed by atoms with Gasteiger partial charge >= 0.3 is 0 Å². The Morgan fingerprint density at radius 3 is 2.46 bits per heavy atom. The summed E-state index contributed by atoms with van der Waals surface area (Å²) in [6.45, 7) is 2.85. The van der Waals surface area contributed by atoms with E-state index in [1.54, 1.807) is 6.92 Å². The fourth-order valence-electron chi connectivity index (χ4n) is 3.00. The summed E-state index contributed by atoms with van der Waals surface area (Å²) >= 11 is 0. The van der Waals surface area contributed by atoms with Crippen LogP contribution in [0.2, 0.25) is 0 Å². The normalized spacial score (nSPS) is 27.7. The van der Waals surface area contributed by atoms with Crippen molar-refractivity contribution in [2.45, 2.75) is 69.7 Å². The van der Waals surface area contributed by atoms with Crippen LogP contribution in [0.5, 0.6) is 0 Å². The minimum Gasteiger partial charge on any atom is -0.379 e. The number of hydrogen-bond acceptors (Lipinski definition) is 7. The van der Waals surface area contributed by atoms with Gasteiger partial charge < -0.3 is 37.1 Å². The molecule has 24 heavy (non-hydrogen) atoms. The number of amides is 2. The van der Waals surface area contributed by atoms with Gasteiger partial charge in [0.05, 0.1) is 12.0 Å². The van der Waals surface area contributed by atoms with Gasteiger partial charge in [-0.2, -0.15) is 0 Å². The molecular weight excluding hydrogens is 316 g/mol. The van der Waals surface area contributed by atoms with Gasteiger partial charge in [-0.05, 0) is 26.2 Å². The van der Waals surface area contributed by atoms with Gasteiger partial charge in [0.15, 0.2) is 0 Å². The minimum atomic E-state index is -2.53. The molecule has 5 unspecified atom stereocenters. The molecule has 1 aliphatic rings. The molecule has 5 atom stereocenters. The molecular formula is C15H30N4O5. The maximum absolute atomic E-state index is 12.4. The first-order valence-corrected chi connectivity index (χ1v) is 8.16. The molecule has 0 aromatic carbocycles. The lowest BCUT2D eigenvalue weighted by Crippen LogP contribution is -2.64. The third kappa shape index (κ3) is 5.67. The predicted molar refractivity (Wildman–Crippen MR) is 87.3 cm³/mol. The monoisotopic (exact) mass is 346 g/mol. The Morgan fingerprint density at radius 2 is 1.92 bits per heavy atom. The van der Waals surface area contributed by atoms with Gasteiger partial charge in [0.1, 0.15) is 6.04 Å². The van der Waals surface area contributed by atoms with Crippen LogP contribution < -0.4 is 22.1 Å². The molecule has 0 bridgehead atoms. The van der Waals surface area contributed by atoms with Crippen LogP contribution in [0.4, 0.5) is 0 Å². The number of hydrogen-bond donors (Lipinski definition) is 6. The molecule has 0 aromatic heterocycles. The number of methoxy groups -OCH3 is 1. The highest BCUT2D eigenvalue weighted by atomic mass is 16.5. The first-order chi connectivity index (χ1) is 11.1. The molecule has 9 nitrogen and oxygen atoms in total. The summed E-state index contributed by atoms with van der Waals surface area (Å²) in [5, 5.41) is 25.4. The standard InChI is InChI=1S/C15H30N4O5/c1-8(24-3)13(18-9(2)20)14(21)19-15(22,23)11-7-10(16)5-4-6-12(11)17/h8,10-13,22-23H,4-7,16-17H2,1-3H3,(H,18,20)(H,19,21). The maximum Gasteiger partial charge on any atom is 0.250 e.